The number of rotatable bonds is 3. The van der Waals surface area contributed by atoms with E-state index in [1.807, 2.05) is 0 Å². The highest BCUT2D eigenvalue weighted by Gasteiger charge is 2.29. The molecule has 28 heavy (non-hydrogen) atoms. The van der Waals surface area contributed by atoms with E-state index in [1.54, 1.807) is 36.2 Å². The molecule has 0 unspecified atom stereocenters. The zero-order valence-corrected chi connectivity index (χ0v) is 15.2. The van der Waals surface area contributed by atoms with Gasteiger partial charge in [-0.1, -0.05) is 0 Å². The number of nitrogens with two attached hydrogens (primary N) is 1. The van der Waals surface area contributed by atoms with Crippen molar-refractivity contribution in [2.24, 2.45) is 0 Å². The first-order valence-electron chi connectivity index (χ1n) is 8.85. The Morgan fingerprint density at radius 3 is 2.96 bits per heavy atom. The number of pyridine rings is 1. The number of carbonyl (C=O) groups excluding carboxylic acids is 1. The third kappa shape index (κ3) is 2.95. The number of H-pyrrole nitrogens is 1. The van der Waals surface area contributed by atoms with Gasteiger partial charge in [0, 0.05) is 30.3 Å². The molecular weight excluding hydrogens is 360 g/mol. The maximum atomic E-state index is 12.2. The van der Waals surface area contributed by atoms with Crippen LogP contribution in [0.1, 0.15) is 23.7 Å². The molecule has 0 radical (unpaired) electrons. The number of nitrogen functional groups attached to an aromatic ring is 1. The molecular formula is C19H18N6O3. The molecule has 0 spiro atoms. The van der Waals surface area contributed by atoms with Crippen LogP contribution in [-0.2, 0) is 17.7 Å². The van der Waals surface area contributed by atoms with Crippen molar-refractivity contribution in [3.05, 3.63) is 41.2 Å². The van der Waals surface area contributed by atoms with Crippen molar-refractivity contribution in [2.75, 3.05) is 18.9 Å². The van der Waals surface area contributed by atoms with Crippen LogP contribution in [0, 0.1) is 11.3 Å². The number of aromatic amines is 1. The van der Waals surface area contributed by atoms with Gasteiger partial charge in [-0.15, -0.1) is 0 Å². The summed E-state index contributed by atoms with van der Waals surface area (Å²) >= 11 is 0. The third-order valence-electron chi connectivity index (χ3n) is 4.64. The molecule has 142 valence electrons. The average molecular weight is 378 g/mol. The summed E-state index contributed by atoms with van der Waals surface area (Å²) in [6, 6.07) is 7.47. The van der Waals surface area contributed by atoms with Crippen LogP contribution in [0.4, 0.5) is 10.6 Å². The van der Waals surface area contributed by atoms with Crippen LogP contribution in [0.3, 0.4) is 0 Å². The summed E-state index contributed by atoms with van der Waals surface area (Å²) in [5, 5.41) is 16.4. The lowest BCUT2D eigenvalue weighted by atomic mass is 9.94. The molecule has 9 heteroatoms. The number of nitrogens with one attached hydrogen (secondary N) is 1. The molecule has 0 fully saturated rings. The monoisotopic (exact) mass is 378 g/mol. The second-order valence-corrected chi connectivity index (χ2v) is 6.29. The number of hydrogen-bond donors (Lipinski definition) is 2. The molecule has 3 aromatic rings. The summed E-state index contributed by atoms with van der Waals surface area (Å²) in [7, 11) is 0. The van der Waals surface area contributed by atoms with Crippen molar-refractivity contribution in [1.82, 2.24) is 20.1 Å². The minimum Gasteiger partial charge on any atom is -0.454 e. The van der Waals surface area contributed by atoms with Gasteiger partial charge in [-0.05, 0) is 25.1 Å². The van der Waals surface area contributed by atoms with Gasteiger partial charge in [0.25, 0.3) is 0 Å². The van der Waals surface area contributed by atoms with Gasteiger partial charge in [-0.25, -0.2) is 9.78 Å². The predicted octanol–water partition coefficient (Wildman–Crippen LogP) is 2.70. The number of amides is 1. The number of ether oxygens (including phenoxy) is 1. The summed E-state index contributed by atoms with van der Waals surface area (Å²) in [4.78, 5) is 18.2. The first-order valence-corrected chi connectivity index (χ1v) is 8.85. The van der Waals surface area contributed by atoms with E-state index in [4.69, 9.17) is 14.9 Å². The molecule has 0 aromatic carbocycles. The summed E-state index contributed by atoms with van der Waals surface area (Å²) in [5.74, 6) is 1.22. The quantitative estimate of drug-likeness (QED) is 0.715. The summed E-state index contributed by atoms with van der Waals surface area (Å²) in [6.07, 6.45) is 1.75. The molecule has 0 saturated heterocycles. The number of hydrogen-bond acceptors (Lipinski definition) is 7. The lowest BCUT2D eigenvalue weighted by Crippen LogP contribution is -2.37. The highest BCUT2D eigenvalue weighted by atomic mass is 16.6. The topological polar surface area (TPSA) is 134 Å². The zero-order valence-electron chi connectivity index (χ0n) is 15.2. The Bertz CT molecular complexity index is 1060. The number of fused-ring (bicyclic) bond motifs is 1. The molecule has 4 heterocycles. The number of carbonyl (C=O) groups is 1. The molecule has 0 aliphatic carbocycles. The predicted molar refractivity (Wildman–Crippen MR) is 99.8 cm³/mol. The summed E-state index contributed by atoms with van der Waals surface area (Å²) < 4.78 is 11.1. The fourth-order valence-corrected chi connectivity index (χ4v) is 3.35. The maximum Gasteiger partial charge on any atom is 0.410 e. The Hall–Kier alpha value is -3.80. The summed E-state index contributed by atoms with van der Waals surface area (Å²) in [6.45, 7) is 2.80. The second kappa shape index (κ2) is 7.08. The van der Waals surface area contributed by atoms with Crippen molar-refractivity contribution in [3.63, 3.8) is 0 Å². The number of furan rings is 1. The molecule has 1 aliphatic heterocycles. The van der Waals surface area contributed by atoms with E-state index >= 15 is 0 Å². The average Bonchev–Trinajstić information content (AvgIpc) is 3.38. The van der Waals surface area contributed by atoms with Crippen molar-refractivity contribution in [2.45, 2.75) is 19.9 Å². The van der Waals surface area contributed by atoms with Gasteiger partial charge in [0.05, 0.1) is 18.8 Å². The lowest BCUT2D eigenvalue weighted by Gasteiger charge is -2.29. The normalized spacial score (nSPS) is 13.1. The SMILES string of the molecule is CCOC(=O)N1CCc2nc(N)c(C#N)c(-c3ccc(-c4ccn[nH]4)o3)c2C1. The lowest BCUT2D eigenvalue weighted by molar-refractivity contribution is 0.102. The van der Waals surface area contributed by atoms with Crippen LogP contribution in [-0.4, -0.2) is 39.3 Å². The zero-order chi connectivity index (χ0) is 19.7. The van der Waals surface area contributed by atoms with Crippen molar-refractivity contribution in [3.8, 4) is 28.8 Å². The van der Waals surface area contributed by atoms with Gasteiger partial charge >= 0.3 is 6.09 Å². The van der Waals surface area contributed by atoms with Gasteiger partial charge in [0.2, 0.25) is 0 Å². The Kier molecular flexibility index (Phi) is 4.45. The Morgan fingerprint density at radius 1 is 1.43 bits per heavy atom. The fraction of sp³-hybridized carbons (Fsp3) is 0.263. The van der Waals surface area contributed by atoms with Crippen molar-refractivity contribution < 1.29 is 13.9 Å². The van der Waals surface area contributed by atoms with E-state index in [0.717, 1.165) is 11.3 Å². The molecule has 4 rings (SSSR count). The van der Waals surface area contributed by atoms with Crippen LogP contribution in [0.15, 0.2) is 28.8 Å². The Balaban J connectivity index is 1.82. The number of anilines is 1. The van der Waals surface area contributed by atoms with Crippen LogP contribution in [0.2, 0.25) is 0 Å². The van der Waals surface area contributed by atoms with Crippen LogP contribution >= 0.6 is 0 Å². The minimum absolute atomic E-state index is 0.153. The first-order chi connectivity index (χ1) is 13.6. The maximum absolute atomic E-state index is 12.2. The van der Waals surface area contributed by atoms with E-state index in [2.05, 4.69) is 21.3 Å². The van der Waals surface area contributed by atoms with Gasteiger partial charge in [-0.3, -0.25) is 5.10 Å². The third-order valence-corrected chi connectivity index (χ3v) is 4.64. The van der Waals surface area contributed by atoms with Crippen molar-refractivity contribution >= 4 is 11.9 Å². The standard InChI is InChI=1S/C19H18N6O3/c1-2-27-19(26)25-8-6-13-12(10-25)17(11(9-20)18(21)23-13)16-4-3-15(28-16)14-5-7-22-24-14/h3-5,7H,2,6,8,10H2,1H3,(H2,21,23)(H,22,24). The highest BCUT2D eigenvalue weighted by Crippen LogP contribution is 2.37. The van der Waals surface area contributed by atoms with Crippen LogP contribution in [0.5, 0.6) is 0 Å². The smallest absolute Gasteiger partial charge is 0.410 e. The van der Waals surface area contributed by atoms with Crippen LogP contribution < -0.4 is 5.73 Å². The number of nitriles is 1. The molecule has 0 atom stereocenters. The second-order valence-electron chi connectivity index (χ2n) is 6.29. The van der Waals surface area contributed by atoms with E-state index in [0.29, 0.717) is 42.4 Å². The molecule has 3 N–H and O–H groups in total. The Morgan fingerprint density at radius 2 is 2.25 bits per heavy atom. The van der Waals surface area contributed by atoms with E-state index in [-0.39, 0.29) is 17.9 Å². The molecule has 0 bridgehead atoms. The van der Waals surface area contributed by atoms with Gasteiger partial charge in [0.15, 0.2) is 5.76 Å². The minimum atomic E-state index is -0.396. The molecule has 1 amide bonds. The Labute approximate surface area is 160 Å². The highest BCUT2D eigenvalue weighted by molar-refractivity contribution is 5.78. The molecule has 0 saturated carbocycles. The fourth-order valence-electron chi connectivity index (χ4n) is 3.35. The molecule has 3 aromatic heterocycles. The van der Waals surface area contributed by atoms with Gasteiger partial charge in [-0.2, -0.15) is 10.4 Å². The number of aromatic nitrogens is 3. The van der Waals surface area contributed by atoms with Crippen molar-refractivity contribution in [1.29, 1.82) is 5.26 Å². The first kappa shape index (κ1) is 17.6. The van der Waals surface area contributed by atoms with Crippen LogP contribution in [0.25, 0.3) is 22.8 Å². The summed E-state index contributed by atoms with van der Waals surface area (Å²) in [5.41, 5.74) is 9.05. The van der Waals surface area contributed by atoms with E-state index in [1.165, 1.54) is 0 Å². The largest absolute Gasteiger partial charge is 0.454 e. The van der Waals surface area contributed by atoms with Gasteiger partial charge < -0.3 is 19.8 Å². The number of nitrogens with zero attached hydrogens (tertiary/aromatic N) is 4. The van der Waals surface area contributed by atoms with E-state index < -0.39 is 6.09 Å². The van der Waals surface area contributed by atoms with E-state index in [9.17, 15) is 10.1 Å². The molecule has 9 nitrogen and oxygen atoms in total. The molecule has 1 aliphatic rings. The van der Waals surface area contributed by atoms with Gasteiger partial charge in [0.1, 0.15) is 28.9 Å².